The van der Waals surface area contributed by atoms with E-state index in [1.807, 2.05) is 5.43 Å². The number of hydrazine groups is 1. The van der Waals surface area contributed by atoms with Crippen LogP contribution in [0.3, 0.4) is 0 Å². The Labute approximate surface area is 100 Å². The SMILES string of the molecule is Cc1nsc2ncn(C(C)C(=O)NN)c(=O)c12. The van der Waals surface area contributed by atoms with Crippen molar-refractivity contribution in [3.8, 4) is 0 Å². The third-order valence-corrected chi connectivity index (χ3v) is 3.38. The number of rotatable bonds is 2. The normalized spacial score (nSPS) is 12.6. The topological polar surface area (TPSA) is 103 Å². The number of fused-ring (bicyclic) bond motifs is 1. The Bertz CT molecular complexity index is 632. The Kier molecular flexibility index (Phi) is 2.90. The number of aromatic nitrogens is 3. The average molecular weight is 253 g/mol. The Hall–Kier alpha value is -1.80. The fourth-order valence-electron chi connectivity index (χ4n) is 1.51. The highest BCUT2D eigenvalue weighted by atomic mass is 32.1. The number of nitrogens with zero attached hydrogens (tertiary/aromatic N) is 3. The van der Waals surface area contributed by atoms with E-state index in [-0.39, 0.29) is 5.56 Å². The first-order chi connectivity index (χ1) is 8.06. The van der Waals surface area contributed by atoms with Crippen molar-refractivity contribution in [3.05, 3.63) is 22.4 Å². The maximum atomic E-state index is 12.1. The summed E-state index contributed by atoms with van der Waals surface area (Å²) in [4.78, 5) is 28.2. The maximum absolute atomic E-state index is 12.1. The molecule has 2 rings (SSSR count). The lowest BCUT2D eigenvalue weighted by Crippen LogP contribution is -2.39. The minimum atomic E-state index is -0.705. The van der Waals surface area contributed by atoms with E-state index in [0.717, 1.165) is 11.5 Å². The van der Waals surface area contributed by atoms with Crippen LogP contribution in [0.2, 0.25) is 0 Å². The molecule has 2 heterocycles. The van der Waals surface area contributed by atoms with Crippen LogP contribution in [0, 0.1) is 6.92 Å². The smallest absolute Gasteiger partial charge is 0.264 e. The molecule has 0 spiro atoms. The number of carbonyl (C=O) groups excluding carboxylic acids is 1. The number of nitrogens with one attached hydrogen (secondary N) is 1. The van der Waals surface area contributed by atoms with E-state index in [0.29, 0.717) is 15.9 Å². The van der Waals surface area contributed by atoms with Crippen LogP contribution < -0.4 is 16.8 Å². The Morgan fingerprint density at radius 1 is 1.65 bits per heavy atom. The largest absolute Gasteiger partial charge is 0.292 e. The molecule has 17 heavy (non-hydrogen) atoms. The lowest BCUT2D eigenvalue weighted by molar-refractivity contribution is -0.124. The molecule has 0 bridgehead atoms. The maximum Gasteiger partial charge on any atom is 0.264 e. The molecule has 7 nitrogen and oxygen atoms in total. The highest BCUT2D eigenvalue weighted by Gasteiger charge is 2.18. The molecule has 3 N–H and O–H groups in total. The van der Waals surface area contributed by atoms with Crippen molar-refractivity contribution in [2.45, 2.75) is 19.9 Å². The number of hydrogen-bond acceptors (Lipinski definition) is 6. The molecule has 0 aromatic carbocycles. The van der Waals surface area contributed by atoms with Crippen LogP contribution in [-0.4, -0.2) is 19.8 Å². The van der Waals surface area contributed by atoms with E-state index in [1.54, 1.807) is 13.8 Å². The van der Waals surface area contributed by atoms with Crippen molar-refractivity contribution in [1.29, 1.82) is 0 Å². The predicted octanol–water partition coefficient (Wildman–Crippen LogP) is -0.288. The first-order valence-electron chi connectivity index (χ1n) is 4.90. The van der Waals surface area contributed by atoms with Crippen molar-refractivity contribution < 1.29 is 4.79 Å². The van der Waals surface area contributed by atoms with Crippen LogP contribution in [0.5, 0.6) is 0 Å². The summed E-state index contributed by atoms with van der Waals surface area (Å²) < 4.78 is 5.30. The molecule has 0 saturated carbocycles. The Morgan fingerprint density at radius 2 is 2.35 bits per heavy atom. The van der Waals surface area contributed by atoms with Crippen molar-refractivity contribution >= 4 is 27.7 Å². The monoisotopic (exact) mass is 253 g/mol. The first-order valence-corrected chi connectivity index (χ1v) is 5.67. The molecule has 0 aliphatic carbocycles. The average Bonchev–Trinajstić information content (AvgIpc) is 2.70. The van der Waals surface area contributed by atoms with Gasteiger partial charge in [-0.2, -0.15) is 4.37 Å². The zero-order valence-corrected chi connectivity index (χ0v) is 10.1. The van der Waals surface area contributed by atoms with Crippen LogP contribution >= 0.6 is 11.5 Å². The van der Waals surface area contributed by atoms with Crippen LogP contribution in [0.25, 0.3) is 10.2 Å². The van der Waals surface area contributed by atoms with Gasteiger partial charge in [0.25, 0.3) is 11.5 Å². The van der Waals surface area contributed by atoms with Crippen LogP contribution in [0.15, 0.2) is 11.1 Å². The van der Waals surface area contributed by atoms with E-state index < -0.39 is 11.9 Å². The third kappa shape index (κ3) is 1.81. The summed E-state index contributed by atoms with van der Waals surface area (Å²) in [7, 11) is 0. The van der Waals surface area contributed by atoms with Crippen molar-refractivity contribution in [1.82, 2.24) is 19.4 Å². The van der Waals surface area contributed by atoms with Crippen molar-refractivity contribution in [2.24, 2.45) is 5.84 Å². The van der Waals surface area contributed by atoms with E-state index in [9.17, 15) is 9.59 Å². The number of carbonyl (C=O) groups is 1. The fourth-order valence-corrected chi connectivity index (χ4v) is 2.25. The summed E-state index contributed by atoms with van der Waals surface area (Å²) in [5, 5.41) is 0.453. The molecule has 2 aromatic rings. The lowest BCUT2D eigenvalue weighted by Gasteiger charge is -2.12. The Morgan fingerprint density at radius 3 is 3.00 bits per heavy atom. The number of amides is 1. The Balaban J connectivity index is 2.64. The van der Waals surface area contributed by atoms with Gasteiger partial charge in [0.15, 0.2) is 4.83 Å². The standard InChI is InChI=1S/C9H11N5O2S/c1-4-6-8(17-13-4)11-3-14(9(6)16)5(2)7(15)12-10/h3,5H,10H2,1-2H3,(H,12,15). The van der Waals surface area contributed by atoms with Gasteiger partial charge in [0.2, 0.25) is 0 Å². The van der Waals surface area contributed by atoms with Crippen molar-refractivity contribution in [3.63, 3.8) is 0 Å². The van der Waals surface area contributed by atoms with E-state index in [1.165, 1.54) is 10.9 Å². The summed E-state index contributed by atoms with van der Waals surface area (Å²) >= 11 is 1.16. The summed E-state index contributed by atoms with van der Waals surface area (Å²) in [6.07, 6.45) is 1.34. The van der Waals surface area contributed by atoms with Crippen molar-refractivity contribution in [2.75, 3.05) is 0 Å². The highest BCUT2D eigenvalue weighted by molar-refractivity contribution is 7.12. The molecule has 90 valence electrons. The number of aryl methyl sites for hydroxylation is 1. The number of hydrogen-bond donors (Lipinski definition) is 2. The molecule has 2 aromatic heterocycles. The molecular formula is C9H11N5O2S. The second-order valence-corrected chi connectivity index (χ2v) is 4.34. The molecule has 0 saturated heterocycles. The van der Waals surface area contributed by atoms with E-state index in [4.69, 9.17) is 5.84 Å². The third-order valence-electron chi connectivity index (χ3n) is 2.53. The second kappa shape index (κ2) is 4.22. The summed E-state index contributed by atoms with van der Waals surface area (Å²) in [6, 6.07) is -0.705. The molecule has 1 unspecified atom stereocenters. The zero-order valence-electron chi connectivity index (χ0n) is 9.30. The quantitative estimate of drug-likeness (QED) is 0.435. The van der Waals surface area contributed by atoms with Gasteiger partial charge >= 0.3 is 0 Å². The van der Waals surface area contributed by atoms with Gasteiger partial charge < -0.3 is 0 Å². The van der Waals surface area contributed by atoms with Gasteiger partial charge in [-0.1, -0.05) is 0 Å². The van der Waals surface area contributed by atoms with Crippen LogP contribution in [-0.2, 0) is 4.79 Å². The predicted molar refractivity (Wildman–Crippen MR) is 63.5 cm³/mol. The summed E-state index contributed by atoms with van der Waals surface area (Å²) in [6.45, 7) is 3.31. The fraction of sp³-hybridized carbons (Fsp3) is 0.333. The molecule has 8 heteroatoms. The van der Waals surface area contributed by atoms with Gasteiger partial charge in [0.1, 0.15) is 6.04 Å². The molecular weight excluding hydrogens is 242 g/mol. The lowest BCUT2D eigenvalue weighted by atomic mass is 10.3. The molecule has 0 aliphatic rings. The second-order valence-electron chi connectivity index (χ2n) is 3.59. The van der Waals surface area contributed by atoms with Crippen LogP contribution in [0.1, 0.15) is 18.7 Å². The minimum absolute atomic E-state index is 0.280. The number of nitrogens with two attached hydrogens (primary N) is 1. The van der Waals surface area contributed by atoms with Gasteiger partial charge in [-0.15, -0.1) is 0 Å². The van der Waals surface area contributed by atoms with Gasteiger partial charge in [0.05, 0.1) is 17.4 Å². The highest BCUT2D eigenvalue weighted by Crippen LogP contribution is 2.16. The van der Waals surface area contributed by atoms with Crippen LogP contribution in [0.4, 0.5) is 0 Å². The van der Waals surface area contributed by atoms with Gasteiger partial charge in [-0.05, 0) is 25.4 Å². The first kappa shape index (κ1) is 11.7. The molecule has 0 radical (unpaired) electrons. The van der Waals surface area contributed by atoms with Gasteiger partial charge in [-0.25, -0.2) is 10.8 Å². The zero-order chi connectivity index (χ0) is 12.6. The van der Waals surface area contributed by atoms with Gasteiger partial charge in [-0.3, -0.25) is 19.6 Å². The molecule has 1 amide bonds. The molecule has 0 fully saturated rings. The minimum Gasteiger partial charge on any atom is -0.292 e. The summed E-state index contributed by atoms with van der Waals surface area (Å²) in [5.74, 6) is 4.59. The molecule has 1 atom stereocenters. The van der Waals surface area contributed by atoms with E-state index in [2.05, 4.69) is 9.36 Å². The van der Waals surface area contributed by atoms with E-state index >= 15 is 0 Å². The van der Waals surface area contributed by atoms with Gasteiger partial charge in [0, 0.05) is 0 Å². The summed E-state index contributed by atoms with van der Waals surface area (Å²) in [5.41, 5.74) is 2.35. The molecule has 0 aliphatic heterocycles.